The molecule has 86 heavy (non-hydrogen) atoms. The van der Waals surface area contributed by atoms with E-state index in [0.717, 1.165) is 28.9 Å². The number of aromatic hydroxyl groups is 1. The van der Waals surface area contributed by atoms with Gasteiger partial charge in [-0.3, -0.25) is 18.7 Å². The summed E-state index contributed by atoms with van der Waals surface area (Å²) in [7, 11) is -13.1. The van der Waals surface area contributed by atoms with Gasteiger partial charge in [-0.15, -0.1) is 3.63 Å². The predicted molar refractivity (Wildman–Crippen MR) is 284 cm³/mol. The molecule has 2 fully saturated rings. The molecule has 4 aliphatic heterocycles. The number of imidazole rings is 2. The molecule has 0 unspecified atom stereocenters. The quantitative estimate of drug-likeness (QED) is 0.0813. The molecule has 470 valence electrons. The molecule has 10 rings (SSSR count). The minimum Gasteiger partial charge on any atom is -0.504 e. The van der Waals surface area contributed by atoms with Gasteiger partial charge in [0.2, 0.25) is 0 Å². The van der Waals surface area contributed by atoms with Crippen LogP contribution in [0.4, 0.5) is 39.5 Å². The molecule has 0 radical (unpaired) electrons. The molecule has 8 heterocycles. The van der Waals surface area contributed by atoms with E-state index in [0.29, 0.717) is 104 Å². The van der Waals surface area contributed by atoms with Crippen molar-refractivity contribution >= 4 is 42.2 Å². The first-order chi connectivity index (χ1) is 39.7. The number of alkyl halides is 9. The monoisotopic (exact) mass is 1290 g/mol. The van der Waals surface area contributed by atoms with Crippen molar-refractivity contribution in [1.29, 1.82) is 0 Å². The zero-order chi connectivity index (χ0) is 63.7. The molecular formula is C51H55F9N8O15S3. The number of hydrogen-bond acceptors (Lipinski definition) is 17. The van der Waals surface area contributed by atoms with Gasteiger partial charge in [0.15, 0.2) is 34.4 Å². The van der Waals surface area contributed by atoms with Crippen molar-refractivity contribution in [1.82, 2.24) is 38.0 Å². The fourth-order valence-corrected chi connectivity index (χ4v) is 11.9. The van der Waals surface area contributed by atoms with Gasteiger partial charge in [-0.05, 0) is 88.8 Å². The third-order valence-corrected chi connectivity index (χ3v) is 17.6. The smallest absolute Gasteiger partial charge is 0.504 e. The van der Waals surface area contributed by atoms with Crippen molar-refractivity contribution in [3.63, 3.8) is 0 Å². The van der Waals surface area contributed by atoms with Crippen molar-refractivity contribution in [3.8, 4) is 57.1 Å². The molecular weight excluding hydrogens is 1230 g/mol. The van der Waals surface area contributed by atoms with Crippen LogP contribution in [0.15, 0.2) is 61.2 Å². The number of nitrogens with zero attached hydrogens (tertiary/aromatic N) is 8. The van der Waals surface area contributed by atoms with Crippen LogP contribution in [0.1, 0.15) is 71.2 Å². The Kier molecular flexibility index (Phi) is 17.3. The van der Waals surface area contributed by atoms with E-state index in [4.69, 9.17) is 28.9 Å². The van der Waals surface area contributed by atoms with Crippen molar-refractivity contribution in [2.45, 2.75) is 81.0 Å². The van der Waals surface area contributed by atoms with Crippen molar-refractivity contribution in [2.24, 2.45) is 14.1 Å². The molecule has 35 heteroatoms. The average Bonchev–Trinajstić information content (AvgIpc) is 1.87. The maximum Gasteiger partial charge on any atom is 0.534 e. The normalized spacial score (nSPS) is 16.7. The topological polar surface area (TPSA) is 264 Å². The van der Waals surface area contributed by atoms with Crippen LogP contribution in [-0.4, -0.2) is 162 Å². The van der Waals surface area contributed by atoms with Gasteiger partial charge in [-0.25, -0.2) is 9.97 Å². The molecule has 2 aromatic carbocycles. The van der Waals surface area contributed by atoms with Gasteiger partial charge in [0, 0.05) is 75.2 Å². The molecule has 0 bridgehead atoms. The van der Waals surface area contributed by atoms with Crippen LogP contribution < -0.4 is 13.7 Å². The molecule has 0 spiro atoms. The molecule has 0 aliphatic carbocycles. The summed E-state index contributed by atoms with van der Waals surface area (Å²) in [6.45, 7) is 10.5. The number of hydrogen-bond donors (Lipinski definition) is 1. The SMILES string of the molecule is COc1cc2c(cc1O)-n1c(-c3ccn(C)c3)nc(C(=O)N3CCOCC3(C)C)c1CC2.COc1cc2c(cc1OS(=O)(=O)C(F)(F)F)-n1c(-c3ccn(C)c3)nc(C(=O)N3CCOCC3(C)C)c1CC2.O=S(=O)(OS(=O)(=O)C(F)(F)F)C(F)(F)F. The summed E-state index contributed by atoms with van der Waals surface area (Å²) in [5, 5.41) is 10.5. The molecule has 1 N–H and O–H groups in total. The number of aryl methyl sites for hydroxylation is 4. The zero-order valence-electron chi connectivity index (χ0n) is 46.7. The lowest BCUT2D eigenvalue weighted by molar-refractivity contribution is -0.0586. The Bertz CT molecular complexity index is 3920. The Hall–Kier alpha value is -7.34. The second-order valence-corrected chi connectivity index (χ2v) is 25.9. The number of rotatable bonds is 10. The van der Waals surface area contributed by atoms with E-state index >= 15 is 0 Å². The van der Waals surface area contributed by atoms with Crippen LogP contribution in [0.3, 0.4) is 0 Å². The van der Waals surface area contributed by atoms with E-state index in [1.807, 2.05) is 84.0 Å². The molecule has 4 aliphatic rings. The highest BCUT2D eigenvalue weighted by Gasteiger charge is 2.57. The summed E-state index contributed by atoms with van der Waals surface area (Å²) in [5.74, 6) is 0.423. The summed E-state index contributed by atoms with van der Waals surface area (Å²) >= 11 is 0. The van der Waals surface area contributed by atoms with E-state index in [2.05, 4.69) is 4.18 Å². The van der Waals surface area contributed by atoms with Crippen molar-refractivity contribution < 1.29 is 106 Å². The number of carbonyl (C=O) groups excluding carboxylic acids is 2. The summed E-state index contributed by atoms with van der Waals surface area (Å²) < 4.78 is 207. The van der Waals surface area contributed by atoms with Gasteiger partial charge < -0.3 is 47.2 Å². The Balaban J connectivity index is 0.000000184. The van der Waals surface area contributed by atoms with Gasteiger partial charge in [-0.1, -0.05) is 0 Å². The predicted octanol–water partition coefficient (Wildman–Crippen LogP) is 7.11. The van der Waals surface area contributed by atoms with Crippen molar-refractivity contribution in [3.05, 3.63) is 95.1 Å². The average molecular weight is 1290 g/mol. The second kappa shape index (κ2) is 23.1. The van der Waals surface area contributed by atoms with E-state index in [1.165, 1.54) is 19.2 Å². The highest BCUT2D eigenvalue weighted by molar-refractivity contribution is 8.00. The van der Waals surface area contributed by atoms with Gasteiger partial charge in [0.05, 0.1) is 74.5 Å². The maximum absolute atomic E-state index is 13.9. The van der Waals surface area contributed by atoms with Crippen LogP contribution in [-0.2, 0) is 83.2 Å². The molecule has 4 aromatic heterocycles. The Morgan fingerprint density at radius 1 is 0.581 bits per heavy atom. The zero-order valence-corrected chi connectivity index (χ0v) is 49.2. The Labute approximate surface area is 485 Å². The molecule has 2 saturated heterocycles. The molecule has 6 aromatic rings. The minimum absolute atomic E-state index is 0.0639. The summed E-state index contributed by atoms with van der Waals surface area (Å²) in [6, 6.07) is 9.99. The third kappa shape index (κ3) is 12.6. The third-order valence-electron chi connectivity index (χ3n) is 14.0. The van der Waals surface area contributed by atoms with Gasteiger partial charge in [-0.2, -0.15) is 64.8 Å². The number of fused-ring (bicyclic) bond motifs is 6. The van der Waals surface area contributed by atoms with Crippen LogP contribution in [0.25, 0.3) is 34.2 Å². The fourth-order valence-electron chi connectivity index (χ4n) is 9.88. The first-order valence-electron chi connectivity index (χ1n) is 25.5. The summed E-state index contributed by atoms with van der Waals surface area (Å²) in [5.41, 5.74) is -12.6. The highest BCUT2D eigenvalue weighted by Crippen LogP contribution is 2.43. The summed E-state index contributed by atoms with van der Waals surface area (Å²) in [6.07, 6.45) is 9.76. The number of aromatic nitrogens is 6. The van der Waals surface area contributed by atoms with E-state index in [1.54, 1.807) is 45.7 Å². The number of halogens is 9. The lowest BCUT2D eigenvalue weighted by atomic mass is 9.98. The van der Waals surface area contributed by atoms with Gasteiger partial charge in [0.1, 0.15) is 11.6 Å². The minimum atomic E-state index is -6.85. The molecule has 0 atom stereocenters. The lowest BCUT2D eigenvalue weighted by Crippen LogP contribution is -2.55. The van der Waals surface area contributed by atoms with E-state index in [-0.39, 0.29) is 29.0 Å². The lowest BCUT2D eigenvalue weighted by Gasteiger charge is -2.41. The van der Waals surface area contributed by atoms with Crippen LogP contribution in [0, 0.1) is 0 Å². The van der Waals surface area contributed by atoms with Gasteiger partial charge >= 0.3 is 46.9 Å². The molecule has 23 nitrogen and oxygen atoms in total. The summed E-state index contributed by atoms with van der Waals surface area (Å²) in [4.78, 5) is 40.8. The largest absolute Gasteiger partial charge is 0.534 e. The van der Waals surface area contributed by atoms with Gasteiger partial charge in [0.25, 0.3) is 11.8 Å². The molecule has 0 saturated carbocycles. The number of ether oxygens (including phenoxy) is 4. The van der Waals surface area contributed by atoms with Crippen LogP contribution in [0.5, 0.6) is 23.0 Å². The number of amides is 2. The highest BCUT2D eigenvalue weighted by atomic mass is 32.3. The maximum atomic E-state index is 13.9. The van der Waals surface area contributed by atoms with Crippen LogP contribution in [0.2, 0.25) is 0 Å². The van der Waals surface area contributed by atoms with E-state index in [9.17, 15) is 79.5 Å². The van der Waals surface area contributed by atoms with Crippen molar-refractivity contribution in [2.75, 3.05) is 53.7 Å². The number of carbonyl (C=O) groups is 2. The molecule has 2 amide bonds. The number of benzene rings is 2. The van der Waals surface area contributed by atoms with E-state index < -0.39 is 63.7 Å². The number of phenolic OH excluding ortho intramolecular Hbond substituents is 1. The first kappa shape index (κ1) is 64.7. The number of methoxy groups -OCH3 is 2. The first-order valence-corrected chi connectivity index (χ1v) is 29.7. The number of morpholine rings is 2. The number of phenols is 1. The Morgan fingerprint density at radius 3 is 1.34 bits per heavy atom. The fraction of sp³-hybridized carbons (Fsp3) is 0.451. The standard InChI is InChI=1S/C25H27F3N4O6S.C24H28N4O4.C2F6O5S2/c1-24(2)14-37-10-9-31(24)23(33)21-17-6-5-15-11-19(36-4)20(38-39(34,35)25(26,27)28)12-18(15)32(17)22(29-21)16-7-8-30(3)13-16;1-24(2)14-32-10-9-27(24)23(30)21-17-6-5-15-11-20(31-4)19(29)12-18(15)28(17)22(25-21)16-7-8-26(3)13-16;3-1(4,5)14(9,10)13-15(11,12)2(6,7)8/h7-8,11-13H,5-6,9-10,14H2,1-4H3;7-8,11-13,29H,5-6,9-10,14H2,1-4H3;. The Morgan fingerprint density at radius 2 is 0.977 bits per heavy atom. The second-order valence-electron chi connectivity index (χ2n) is 21.0. The van der Waals surface area contributed by atoms with Crippen LogP contribution >= 0.6 is 0 Å².